The van der Waals surface area contributed by atoms with Crippen molar-refractivity contribution in [3.8, 4) is 11.4 Å². The third kappa shape index (κ3) is 3.16. The summed E-state index contributed by atoms with van der Waals surface area (Å²) >= 11 is 9.33. The standard InChI is InChI=1S/C13H15BrClN3O/c1-3-11(16)7(2)13-17-12(18-19-13)8-4-5-10(15)9(14)6-8/h4-7,11H,3,16H2,1-2H3. The van der Waals surface area contributed by atoms with Gasteiger partial charge < -0.3 is 10.3 Å². The zero-order valence-corrected chi connectivity index (χ0v) is 13.1. The average Bonchev–Trinajstić information content (AvgIpc) is 2.89. The molecule has 2 unspecified atom stereocenters. The Morgan fingerprint density at radius 3 is 2.84 bits per heavy atom. The van der Waals surface area contributed by atoms with Gasteiger partial charge in [-0.2, -0.15) is 4.98 Å². The minimum Gasteiger partial charge on any atom is -0.339 e. The highest BCUT2D eigenvalue weighted by molar-refractivity contribution is 9.10. The minimum atomic E-state index is 0.0188. The SMILES string of the molecule is CCC(N)C(C)c1nc(-c2ccc(Cl)c(Br)c2)no1. The van der Waals surface area contributed by atoms with Gasteiger partial charge in [0.05, 0.1) is 10.9 Å². The highest BCUT2D eigenvalue weighted by atomic mass is 79.9. The van der Waals surface area contributed by atoms with Gasteiger partial charge >= 0.3 is 0 Å². The van der Waals surface area contributed by atoms with Gasteiger partial charge in [-0.1, -0.05) is 30.6 Å². The molecule has 0 saturated heterocycles. The number of nitrogens with two attached hydrogens (primary N) is 1. The highest BCUT2D eigenvalue weighted by Gasteiger charge is 2.20. The van der Waals surface area contributed by atoms with E-state index in [-0.39, 0.29) is 12.0 Å². The van der Waals surface area contributed by atoms with E-state index < -0.39 is 0 Å². The maximum Gasteiger partial charge on any atom is 0.231 e. The maximum absolute atomic E-state index is 5.99. The number of hydrogen-bond donors (Lipinski definition) is 1. The molecule has 1 aromatic heterocycles. The lowest BCUT2D eigenvalue weighted by Crippen LogP contribution is -2.25. The third-order valence-electron chi connectivity index (χ3n) is 3.12. The molecule has 0 saturated carbocycles. The molecule has 19 heavy (non-hydrogen) atoms. The quantitative estimate of drug-likeness (QED) is 0.910. The molecule has 0 aliphatic carbocycles. The minimum absolute atomic E-state index is 0.0188. The third-order valence-corrected chi connectivity index (χ3v) is 4.34. The van der Waals surface area contributed by atoms with E-state index in [4.69, 9.17) is 21.9 Å². The van der Waals surface area contributed by atoms with Crippen molar-refractivity contribution in [3.05, 3.63) is 33.6 Å². The molecule has 102 valence electrons. The normalized spacial score (nSPS) is 14.4. The van der Waals surface area contributed by atoms with Crippen LogP contribution in [-0.4, -0.2) is 16.2 Å². The Labute approximate surface area is 125 Å². The van der Waals surface area contributed by atoms with Crippen molar-refractivity contribution < 1.29 is 4.52 Å². The van der Waals surface area contributed by atoms with Crippen molar-refractivity contribution >= 4 is 27.5 Å². The number of rotatable bonds is 4. The van der Waals surface area contributed by atoms with E-state index in [1.165, 1.54) is 0 Å². The van der Waals surface area contributed by atoms with Gasteiger partial charge in [0.25, 0.3) is 0 Å². The molecule has 0 radical (unpaired) electrons. The van der Waals surface area contributed by atoms with Gasteiger partial charge in [-0.15, -0.1) is 0 Å². The molecule has 1 aromatic carbocycles. The van der Waals surface area contributed by atoms with Crippen LogP contribution >= 0.6 is 27.5 Å². The molecule has 0 fully saturated rings. The second-order valence-corrected chi connectivity index (χ2v) is 5.71. The number of halogens is 2. The first-order valence-electron chi connectivity index (χ1n) is 6.07. The molecule has 2 atom stereocenters. The van der Waals surface area contributed by atoms with Crippen LogP contribution < -0.4 is 5.73 Å². The molecule has 0 aliphatic heterocycles. The zero-order valence-electron chi connectivity index (χ0n) is 10.7. The largest absolute Gasteiger partial charge is 0.339 e. The fourth-order valence-electron chi connectivity index (χ4n) is 1.71. The number of hydrogen-bond acceptors (Lipinski definition) is 4. The van der Waals surface area contributed by atoms with Gasteiger partial charge in [-0.3, -0.25) is 0 Å². The molecule has 4 nitrogen and oxygen atoms in total. The van der Waals surface area contributed by atoms with E-state index in [0.29, 0.717) is 16.7 Å². The summed E-state index contributed by atoms with van der Waals surface area (Å²) in [5, 5.41) is 4.64. The first-order chi connectivity index (χ1) is 9.02. The Morgan fingerprint density at radius 1 is 1.47 bits per heavy atom. The Bertz CT molecular complexity index is 573. The molecule has 2 N–H and O–H groups in total. The van der Waals surface area contributed by atoms with Crippen LogP contribution in [0.4, 0.5) is 0 Å². The van der Waals surface area contributed by atoms with Crippen molar-refractivity contribution in [2.75, 3.05) is 0 Å². The Hall–Kier alpha value is -0.910. The van der Waals surface area contributed by atoms with Crippen molar-refractivity contribution in [2.45, 2.75) is 32.2 Å². The van der Waals surface area contributed by atoms with Crippen LogP contribution in [0.3, 0.4) is 0 Å². The summed E-state index contributed by atoms with van der Waals surface area (Å²) in [5.74, 6) is 1.15. The van der Waals surface area contributed by atoms with Gasteiger partial charge in [0, 0.05) is 16.1 Å². The summed E-state index contributed by atoms with van der Waals surface area (Å²) < 4.78 is 6.09. The summed E-state index contributed by atoms with van der Waals surface area (Å²) in [6, 6.07) is 5.52. The van der Waals surface area contributed by atoms with Crippen LogP contribution in [0, 0.1) is 0 Å². The van der Waals surface area contributed by atoms with Gasteiger partial charge in [-0.05, 0) is 40.5 Å². The summed E-state index contributed by atoms with van der Waals surface area (Å²) in [4.78, 5) is 4.40. The van der Waals surface area contributed by atoms with Crippen LogP contribution in [0.1, 0.15) is 32.1 Å². The molecule has 0 aliphatic rings. The maximum atomic E-state index is 5.99. The lowest BCUT2D eigenvalue weighted by Gasteiger charge is -2.13. The summed E-state index contributed by atoms with van der Waals surface area (Å²) in [5.41, 5.74) is 6.84. The van der Waals surface area contributed by atoms with E-state index in [2.05, 4.69) is 26.1 Å². The van der Waals surface area contributed by atoms with Gasteiger partial charge in [0.2, 0.25) is 11.7 Å². The zero-order chi connectivity index (χ0) is 14.0. The van der Waals surface area contributed by atoms with Crippen molar-refractivity contribution in [1.29, 1.82) is 0 Å². The molecule has 0 spiro atoms. The molecule has 2 rings (SSSR count). The predicted octanol–water partition coefficient (Wildman–Crippen LogP) is 3.99. The first-order valence-corrected chi connectivity index (χ1v) is 7.24. The first kappa shape index (κ1) is 14.5. The fourth-order valence-corrected chi connectivity index (χ4v) is 2.21. The van der Waals surface area contributed by atoms with E-state index in [1.54, 1.807) is 6.07 Å². The Morgan fingerprint density at radius 2 is 2.21 bits per heavy atom. The topological polar surface area (TPSA) is 64.9 Å². The number of nitrogens with zero attached hydrogens (tertiary/aromatic N) is 2. The number of benzene rings is 1. The van der Waals surface area contributed by atoms with Crippen molar-refractivity contribution in [3.63, 3.8) is 0 Å². The summed E-state index contributed by atoms with van der Waals surface area (Å²) in [6.07, 6.45) is 0.866. The van der Waals surface area contributed by atoms with E-state index in [1.807, 2.05) is 26.0 Å². The average molecular weight is 345 g/mol. The Balaban J connectivity index is 2.27. The summed E-state index contributed by atoms with van der Waals surface area (Å²) in [7, 11) is 0. The molecule has 1 heterocycles. The van der Waals surface area contributed by atoms with Gasteiger partial charge in [0.1, 0.15) is 0 Å². The van der Waals surface area contributed by atoms with Crippen molar-refractivity contribution in [1.82, 2.24) is 10.1 Å². The number of aromatic nitrogens is 2. The van der Waals surface area contributed by atoms with Crippen LogP contribution in [0.15, 0.2) is 27.2 Å². The van der Waals surface area contributed by atoms with Gasteiger partial charge in [0.15, 0.2) is 0 Å². The lowest BCUT2D eigenvalue weighted by molar-refractivity contribution is 0.340. The van der Waals surface area contributed by atoms with E-state index in [9.17, 15) is 0 Å². The molecular weight excluding hydrogens is 330 g/mol. The lowest BCUT2D eigenvalue weighted by atomic mass is 10.0. The smallest absolute Gasteiger partial charge is 0.231 e. The monoisotopic (exact) mass is 343 g/mol. The predicted molar refractivity (Wildman–Crippen MR) is 79.1 cm³/mol. The second kappa shape index (κ2) is 6.03. The van der Waals surface area contributed by atoms with Crippen LogP contribution in [0.2, 0.25) is 5.02 Å². The molecule has 2 aromatic rings. The molecule has 0 amide bonds. The van der Waals surface area contributed by atoms with Crippen molar-refractivity contribution in [2.24, 2.45) is 5.73 Å². The summed E-state index contributed by atoms with van der Waals surface area (Å²) in [6.45, 7) is 4.03. The fraction of sp³-hybridized carbons (Fsp3) is 0.385. The van der Waals surface area contributed by atoms with E-state index in [0.717, 1.165) is 16.5 Å². The second-order valence-electron chi connectivity index (χ2n) is 4.45. The van der Waals surface area contributed by atoms with Crippen LogP contribution in [0.25, 0.3) is 11.4 Å². The molecular formula is C13H15BrClN3O. The van der Waals surface area contributed by atoms with Gasteiger partial charge in [-0.25, -0.2) is 0 Å². The highest BCUT2D eigenvalue weighted by Crippen LogP contribution is 2.28. The molecule has 6 heteroatoms. The Kier molecular flexibility index (Phi) is 4.60. The molecule has 0 bridgehead atoms. The van der Waals surface area contributed by atoms with Crippen LogP contribution in [-0.2, 0) is 0 Å². The van der Waals surface area contributed by atoms with Crippen LogP contribution in [0.5, 0.6) is 0 Å². The van der Waals surface area contributed by atoms with E-state index >= 15 is 0 Å².